The van der Waals surface area contributed by atoms with E-state index in [1.807, 2.05) is 0 Å². The summed E-state index contributed by atoms with van der Waals surface area (Å²) >= 11 is 0. The Hall–Kier alpha value is -2.63. The van der Waals surface area contributed by atoms with E-state index < -0.39 is 37.9 Å². The molecule has 7 nitrogen and oxygen atoms in total. The Balaban J connectivity index is 2.62. The van der Waals surface area contributed by atoms with Gasteiger partial charge in [-0.05, 0) is 24.6 Å². The van der Waals surface area contributed by atoms with Crippen molar-refractivity contribution in [2.24, 2.45) is 4.99 Å². The third-order valence-electron chi connectivity index (χ3n) is 3.51. The van der Waals surface area contributed by atoms with Crippen molar-refractivity contribution in [2.75, 3.05) is 33.2 Å². The second-order valence-electron chi connectivity index (χ2n) is 5.90. The molecule has 0 aromatic heterocycles. The molecule has 164 valence electrons. The van der Waals surface area contributed by atoms with Gasteiger partial charge in [-0.15, -0.1) is 0 Å². The number of rotatable bonds is 9. The highest BCUT2D eigenvalue weighted by atomic mass is 19.4. The zero-order valence-corrected chi connectivity index (χ0v) is 15.8. The van der Waals surface area contributed by atoms with Crippen LogP contribution in [0.1, 0.15) is 18.6 Å². The lowest BCUT2D eigenvalue weighted by Gasteiger charge is -2.19. The van der Waals surface area contributed by atoms with Crippen molar-refractivity contribution >= 4 is 11.9 Å². The average Bonchev–Trinajstić information content (AvgIpc) is 2.62. The first-order valence-corrected chi connectivity index (χ1v) is 8.57. The van der Waals surface area contributed by atoms with Gasteiger partial charge >= 0.3 is 12.8 Å². The van der Waals surface area contributed by atoms with Crippen LogP contribution in [0.4, 0.5) is 22.0 Å². The molecule has 0 saturated heterocycles. The van der Waals surface area contributed by atoms with Crippen LogP contribution < -0.4 is 15.4 Å². The number of benzene rings is 1. The topological polar surface area (TPSA) is 86.2 Å². The summed E-state index contributed by atoms with van der Waals surface area (Å²) in [5, 5.41) is 15.7. The number of carbonyl (C=O) groups is 1. The van der Waals surface area contributed by atoms with E-state index in [-0.39, 0.29) is 18.3 Å². The molecule has 0 heterocycles. The first-order chi connectivity index (χ1) is 13.5. The molecule has 0 aliphatic rings. The van der Waals surface area contributed by atoms with Gasteiger partial charge in [0.15, 0.2) is 5.96 Å². The van der Waals surface area contributed by atoms with Crippen molar-refractivity contribution in [2.45, 2.75) is 25.8 Å². The third-order valence-corrected chi connectivity index (χ3v) is 3.51. The second kappa shape index (κ2) is 11.4. The predicted octanol–water partition coefficient (Wildman–Crippen LogP) is 1.90. The number of carbonyl (C=O) groups excluding carboxylic acids is 1. The molecular weight excluding hydrogens is 403 g/mol. The number of aliphatic imine (C=N–C) groups is 1. The van der Waals surface area contributed by atoms with Crippen LogP contribution in [0.5, 0.6) is 5.75 Å². The lowest BCUT2D eigenvalue weighted by atomic mass is 10.1. The van der Waals surface area contributed by atoms with E-state index in [0.29, 0.717) is 17.0 Å². The van der Waals surface area contributed by atoms with Crippen LogP contribution in [0.15, 0.2) is 29.3 Å². The van der Waals surface area contributed by atoms with E-state index in [2.05, 4.69) is 20.4 Å². The maximum absolute atomic E-state index is 12.3. The molecule has 1 aromatic carbocycles. The minimum Gasteiger partial charge on any atom is -0.435 e. The van der Waals surface area contributed by atoms with Crippen LogP contribution in [-0.4, -0.2) is 67.9 Å². The Morgan fingerprint density at radius 1 is 1.24 bits per heavy atom. The van der Waals surface area contributed by atoms with Gasteiger partial charge in [0.25, 0.3) is 0 Å². The fourth-order valence-electron chi connectivity index (χ4n) is 2.15. The smallest absolute Gasteiger partial charge is 0.406 e. The Morgan fingerprint density at radius 2 is 1.86 bits per heavy atom. The van der Waals surface area contributed by atoms with Gasteiger partial charge in [0, 0.05) is 20.1 Å². The molecule has 0 aliphatic carbocycles. The van der Waals surface area contributed by atoms with E-state index in [4.69, 9.17) is 0 Å². The Morgan fingerprint density at radius 3 is 2.38 bits per heavy atom. The lowest BCUT2D eigenvalue weighted by molar-refractivity contribution is -0.157. The molecular formula is C17H23F5N4O3. The first kappa shape index (κ1) is 24.4. The number of likely N-dealkylation sites (N-methyl/N-ethyl adjacent to an activating group) is 1. The quantitative estimate of drug-likeness (QED) is 0.319. The van der Waals surface area contributed by atoms with Gasteiger partial charge in [0.2, 0.25) is 5.91 Å². The molecule has 29 heavy (non-hydrogen) atoms. The normalized spacial score (nSPS) is 13.2. The highest BCUT2D eigenvalue weighted by Crippen LogP contribution is 2.19. The summed E-state index contributed by atoms with van der Waals surface area (Å²) in [6.45, 7) is -2.74. The summed E-state index contributed by atoms with van der Waals surface area (Å²) in [5.41, 5.74) is 0.413. The molecule has 1 amide bonds. The van der Waals surface area contributed by atoms with Gasteiger partial charge in [-0.3, -0.25) is 4.79 Å². The third kappa shape index (κ3) is 9.92. The molecule has 0 fully saturated rings. The summed E-state index contributed by atoms with van der Waals surface area (Å²) in [6.07, 6.45) is -5.54. The molecule has 1 aromatic rings. The Labute approximate surface area is 164 Å². The van der Waals surface area contributed by atoms with Crippen LogP contribution >= 0.6 is 0 Å². The summed E-state index contributed by atoms with van der Waals surface area (Å²) in [7, 11) is 1.02. The second-order valence-corrected chi connectivity index (χ2v) is 5.90. The number of alkyl halides is 5. The summed E-state index contributed by atoms with van der Waals surface area (Å²) in [4.78, 5) is 16.2. The lowest BCUT2D eigenvalue weighted by Crippen LogP contribution is -2.41. The molecule has 0 spiro atoms. The molecule has 12 heteroatoms. The number of guanidine groups is 1. The van der Waals surface area contributed by atoms with Crippen molar-refractivity contribution in [1.29, 1.82) is 0 Å². The van der Waals surface area contributed by atoms with Crippen molar-refractivity contribution in [1.82, 2.24) is 15.5 Å². The monoisotopic (exact) mass is 426 g/mol. The molecule has 0 bridgehead atoms. The van der Waals surface area contributed by atoms with Gasteiger partial charge in [0.05, 0.1) is 6.10 Å². The SMILES string of the molecule is CCNC(=NCC(=O)N(C)CC(F)(F)F)NCC(O)c1ccc(OC(F)F)cc1. The minimum atomic E-state index is -4.50. The van der Waals surface area contributed by atoms with E-state index in [9.17, 15) is 31.9 Å². The van der Waals surface area contributed by atoms with E-state index in [1.54, 1.807) is 6.92 Å². The van der Waals surface area contributed by atoms with Gasteiger partial charge in [-0.25, -0.2) is 4.99 Å². The fourth-order valence-corrected chi connectivity index (χ4v) is 2.15. The molecule has 1 atom stereocenters. The van der Waals surface area contributed by atoms with E-state index in [0.717, 1.165) is 7.05 Å². The number of aliphatic hydroxyl groups excluding tert-OH is 1. The number of amides is 1. The number of hydrogen-bond acceptors (Lipinski definition) is 4. The standard InChI is InChI=1S/C17H23F5N4O3/c1-3-23-16(25-9-14(28)26(2)10-17(20,21)22)24-8-13(27)11-4-6-12(7-5-11)29-15(18)19/h4-7,13,15,27H,3,8-10H2,1-2H3,(H2,23,24,25). The highest BCUT2D eigenvalue weighted by molar-refractivity contribution is 5.84. The van der Waals surface area contributed by atoms with Crippen LogP contribution in [0, 0.1) is 0 Å². The first-order valence-electron chi connectivity index (χ1n) is 8.57. The van der Waals surface area contributed by atoms with Gasteiger partial charge in [-0.2, -0.15) is 22.0 Å². The van der Waals surface area contributed by atoms with Gasteiger partial charge < -0.3 is 25.4 Å². The number of hydrogen-bond donors (Lipinski definition) is 3. The Bertz CT molecular complexity index is 668. The van der Waals surface area contributed by atoms with Crippen molar-refractivity contribution in [3.8, 4) is 5.75 Å². The van der Waals surface area contributed by atoms with Gasteiger partial charge in [-0.1, -0.05) is 12.1 Å². The van der Waals surface area contributed by atoms with Gasteiger partial charge in [0.1, 0.15) is 18.8 Å². The summed E-state index contributed by atoms with van der Waals surface area (Å²) in [5.74, 6) is -0.757. The van der Waals surface area contributed by atoms with Crippen LogP contribution in [-0.2, 0) is 4.79 Å². The number of aliphatic hydroxyl groups is 1. The van der Waals surface area contributed by atoms with E-state index in [1.165, 1.54) is 24.3 Å². The molecule has 0 saturated carbocycles. The number of nitrogens with zero attached hydrogens (tertiary/aromatic N) is 2. The zero-order valence-electron chi connectivity index (χ0n) is 15.8. The average molecular weight is 426 g/mol. The van der Waals surface area contributed by atoms with Crippen molar-refractivity contribution < 1.29 is 36.6 Å². The van der Waals surface area contributed by atoms with Crippen molar-refractivity contribution in [3.63, 3.8) is 0 Å². The Kier molecular flexibility index (Phi) is 9.59. The number of ether oxygens (including phenoxy) is 1. The van der Waals surface area contributed by atoms with Crippen LogP contribution in [0.2, 0.25) is 0 Å². The number of halogens is 5. The zero-order chi connectivity index (χ0) is 22.0. The fraction of sp³-hybridized carbons (Fsp3) is 0.529. The molecule has 0 aliphatic heterocycles. The van der Waals surface area contributed by atoms with E-state index >= 15 is 0 Å². The molecule has 1 rings (SSSR count). The summed E-state index contributed by atoms with van der Waals surface area (Å²) in [6, 6.07) is 5.37. The maximum Gasteiger partial charge on any atom is 0.406 e. The van der Waals surface area contributed by atoms with Crippen LogP contribution in [0.25, 0.3) is 0 Å². The maximum atomic E-state index is 12.3. The summed E-state index contributed by atoms with van der Waals surface area (Å²) < 4.78 is 65.4. The molecule has 3 N–H and O–H groups in total. The highest BCUT2D eigenvalue weighted by Gasteiger charge is 2.31. The predicted molar refractivity (Wildman–Crippen MR) is 95.7 cm³/mol. The number of nitrogens with one attached hydrogen (secondary N) is 2. The van der Waals surface area contributed by atoms with Crippen LogP contribution in [0.3, 0.4) is 0 Å². The minimum absolute atomic E-state index is 0.0481. The largest absolute Gasteiger partial charge is 0.435 e. The van der Waals surface area contributed by atoms with Crippen molar-refractivity contribution in [3.05, 3.63) is 29.8 Å². The molecule has 1 unspecified atom stereocenters. The molecule has 0 radical (unpaired) electrons.